The van der Waals surface area contributed by atoms with Gasteiger partial charge in [0, 0.05) is 24.5 Å². The van der Waals surface area contributed by atoms with Crippen LogP contribution in [-0.2, 0) is 4.79 Å². The number of nitrogens with zero attached hydrogens (tertiary/aromatic N) is 1. The van der Waals surface area contributed by atoms with Crippen LogP contribution in [0.15, 0.2) is 24.3 Å². The first-order chi connectivity index (χ1) is 9.83. The van der Waals surface area contributed by atoms with Gasteiger partial charge < -0.3 is 15.5 Å². The molecule has 1 atom stereocenters. The average Bonchev–Trinajstić information content (AvgIpc) is 3.03. The summed E-state index contributed by atoms with van der Waals surface area (Å²) in [4.78, 5) is 14.5. The Bertz CT molecular complexity index is 468. The second-order valence-corrected chi connectivity index (χ2v) is 5.74. The molecule has 0 spiro atoms. The Morgan fingerprint density at radius 3 is 2.71 bits per heavy atom. The van der Waals surface area contributed by atoms with Crippen molar-refractivity contribution in [3.63, 3.8) is 0 Å². The molecule has 2 heterocycles. The lowest BCUT2D eigenvalue weighted by molar-refractivity contribution is -0.117. The van der Waals surface area contributed by atoms with Gasteiger partial charge in [-0.3, -0.25) is 4.79 Å². The second kappa shape index (κ2) is 7.66. The maximum atomic E-state index is 12.1. The number of carbonyl (C=O) groups is 1. The lowest BCUT2D eigenvalue weighted by Crippen LogP contribution is -2.35. The number of amides is 1. The van der Waals surface area contributed by atoms with Crippen LogP contribution >= 0.6 is 12.4 Å². The minimum absolute atomic E-state index is 0. The van der Waals surface area contributed by atoms with Crippen molar-refractivity contribution in [3.8, 4) is 0 Å². The van der Waals surface area contributed by atoms with Crippen molar-refractivity contribution in [2.24, 2.45) is 0 Å². The van der Waals surface area contributed by atoms with Crippen molar-refractivity contribution in [1.82, 2.24) is 5.32 Å². The Morgan fingerprint density at radius 2 is 2.00 bits per heavy atom. The van der Waals surface area contributed by atoms with Crippen LogP contribution in [0, 0.1) is 0 Å². The molecule has 0 radical (unpaired) electrons. The third-order valence-electron chi connectivity index (χ3n) is 4.21. The van der Waals surface area contributed by atoms with Crippen molar-refractivity contribution in [2.75, 3.05) is 29.9 Å². The fourth-order valence-electron chi connectivity index (χ4n) is 3.07. The van der Waals surface area contributed by atoms with Crippen molar-refractivity contribution in [1.29, 1.82) is 0 Å². The highest BCUT2D eigenvalue weighted by atomic mass is 35.5. The summed E-state index contributed by atoms with van der Waals surface area (Å²) in [5.41, 5.74) is 2.13. The molecule has 2 fully saturated rings. The first-order valence-electron chi connectivity index (χ1n) is 7.72. The maximum Gasteiger partial charge on any atom is 0.241 e. The zero-order valence-corrected chi connectivity index (χ0v) is 13.1. The van der Waals surface area contributed by atoms with Crippen LogP contribution in [0.4, 0.5) is 11.4 Å². The third-order valence-corrected chi connectivity index (χ3v) is 4.21. The monoisotopic (exact) mass is 309 g/mol. The van der Waals surface area contributed by atoms with Gasteiger partial charge >= 0.3 is 0 Å². The van der Waals surface area contributed by atoms with Gasteiger partial charge in [-0.1, -0.05) is 6.07 Å². The molecular weight excluding hydrogens is 286 g/mol. The van der Waals surface area contributed by atoms with E-state index in [-0.39, 0.29) is 24.4 Å². The standard InChI is InChI=1S/C16H23N3O.ClH/c20-16(15-8-5-9-17-15)18-13-6-4-7-14(12-13)19-10-2-1-3-11-19;/h4,6-7,12,15,17H,1-3,5,8-11H2,(H,18,20);1H. The summed E-state index contributed by atoms with van der Waals surface area (Å²) in [7, 11) is 0. The number of halogens is 1. The van der Waals surface area contributed by atoms with Gasteiger partial charge in [-0.15, -0.1) is 12.4 Å². The van der Waals surface area contributed by atoms with E-state index in [9.17, 15) is 4.79 Å². The molecule has 116 valence electrons. The quantitative estimate of drug-likeness (QED) is 0.902. The molecule has 1 unspecified atom stereocenters. The van der Waals surface area contributed by atoms with Crippen molar-refractivity contribution < 1.29 is 4.79 Å². The Balaban J connectivity index is 0.00000161. The Morgan fingerprint density at radius 1 is 1.19 bits per heavy atom. The zero-order chi connectivity index (χ0) is 13.8. The van der Waals surface area contributed by atoms with Crippen LogP contribution in [0.5, 0.6) is 0 Å². The minimum Gasteiger partial charge on any atom is -0.371 e. The summed E-state index contributed by atoms with van der Waals surface area (Å²) in [6, 6.07) is 8.21. The molecule has 21 heavy (non-hydrogen) atoms. The summed E-state index contributed by atoms with van der Waals surface area (Å²) < 4.78 is 0. The summed E-state index contributed by atoms with van der Waals surface area (Å²) >= 11 is 0. The van der Waals surface area contributed by atoms with E-state index in [1.165, 1.54) is 24.9 Å². The SMILES string of the molecule is Cl.O=C(Nc1cccc(N2CCCCC2)c1)C1CCCN1. The molecule has 3 rings (SSSR count). The van der Waals surface area contributed by atoms with Crippen LogP contribution in [0.2, 0.25) is 0 Å². The predicted octanol–water partition coefficient (Wildman–Crippen LogP) is 2.79. The molecular formula is C16H24ClN3O. The lowest BCUT2D eigenvalue weighted by atomic mass is 10.1. The molecule has 2 aliphatic rings. The van der Waals surface area contributed by atoms with Crippen molar-refractivity contribution in [3.05, 3.63) is 24.3 Å². The normalized spacial score (nSPS) is 21.7. The van der Waals surface area contributed by atoms with E-state index in [2.05, 4.69) is 27.7 Å². The van der Waals surface area contributed by atoms with Gasteiger partial charge in [0.25, 0.3) is 0 Å². The van der Waals surface area contributed by atoms with Gasteiger partial charge in [0.1, 0.15) is 0 Å². The Kier molecular flexibility index (Phi) is 5.88. The number of rotatable bonds is 3. The van der Waals surface area contributed by atoms with Crippen LogP contribution in [-0.4, -0.2) is 31.6 Å². The van der Waals surface area contributed by atoms with E-state index in [0.29, 0.717) is 0 Å². The van der Waals surface area contributed by atoms with Gasteiger partial charge in [0.2, 0.25) is 5.91 Å². The molecule has 5 heteroatoms. The maximum absolute atomic E-state index is 12.1. The molecule has 0 saturated carbocycles. The highest BCUT2D eigenvalue weighted by Gasteiger charge is 2.22. The Labute approximate surface area is 132 Å². The molecule has 2 N–H and O–H groups in total. The molecule has 1 aromatic rings. The fourth-order valence-corrected chi connectivity index (χ4v) is 3.07. The summed E-state index contributed by atoms with van der Waals surface area (Å²) in [5, 5.41) is 6.27. The van der Waals surface area contributed by atoms with Crippen molar-refractivity contribution in [2.45, 2.75) is 38.1 Å². The van der Waals surface area contributed by atoms with E-state index < -0.39 is 0 Å². The van der Waals surface area contributed by atoms with Crippen LogP contribution < -0.4 is 15.5 Å². The summed E-state index contributed by atoms with van der Waals surface area (Å²) in [6.07, 6.45) is 5.90. The average molecular weight is 310 g/mol. The van der Waals surface area contributed by atoms with Crippen LogP contribution in [0.25, 0.3) is 0 Å². The molecule has 0 aromatic heterocycles. The second-order valence-electron chi connectivity index (χ2n) is 5.74. The van der Waals surface area contributed by atoms with E-state index >= 15 is 0 Å². The van der Waals surface area contributed by atoms with E-state index in [0.717, 1.165) is 38.2 Å². The van der Waals surface area contributed by atoms with E-state index in [4.69, 9.17) is 0 Å². The van der Waals surface area contributed by atoms with Gasteiger partial charge in [-0.05, 0) is 56.8 Å². The lowest BCUT2D eigenvalue weighted by Gasteiger charge is -2.29. The number of nitrogens with one attached hydrogen (secondary N) is 2. The number of benzene rings is 1. The van der Waals surface area contributed by atoms with Gasteiger partial charge in [-0.2, -0.15) is 0 Å². The third kappa shape index (κ3) is 4.11. The predicted molar refractivity (Wildman–Crippen MR) is 89.4 cm³/mol. The first kappa shape index (κ1) is 16.1. The van der Waals surface area contributed by atoms with E-state index in [1.54, 1.807) is 0 Å². The topological polar surface area (TPSA) is 44.4 Å². The molecule has 1 aromatic carbocycles. The molecule has 1 amide bonds. The highest BCUT2D eigenvalue weighted by Crippen LogP contribution is 2.23. The smallest absolute Gasteiger partial charge is 0.241 e. The van der Waals surface area contributed by atoms with Crippen LogP contribution in [0.3, 0.4) is 0 Å². The fraction of sp³-hybridized carbons (Fsp3) is 0.562. The molecule has 0 aliphatic carbocycles. The number of carbonyl (C=O) groups excluding carboxylic acids is 1. The van der Waals surface area contributed by atoms with Crippen molar-refractivity contribution >= 4 is 29.7 Å². The molecule has 2 saturated heterocycles. The van der Waals surface area contributed by atoms with Gasteiger partial charge in [-0.25, -0.2) is 0 Å². The molecule has 4 nitrogen and oxygen atoms in total. The number of anilines is 2. The zero-order valence-electron chi connectivity index (χ0n) is 12.3. The van der Waals surface area contributed by atoms with Gasteiger partial charge in [0.15, 0.2) is 0 Å². The minimum atomic E-state index is -0.0198. The summed E-state index contributed by atoms with van der Waals surface area (Å²) in [5.74, 6) is 0.0956. The number of hydrogen-bond donors (Lipinski definition) is 2. The van der Waals surface area contributed by atoms with E-state index in [1.807, 2.05) is 12.1 Å². The number of hydrogen-bond acceptors (Lipinski definition) is 3. The van der Waals surface area contributed by atoms with Crippen LogP contribution in [0.1, 0.15) is 32.1 Å². The summed E-state index contributed by atoms with van der Waals surface area (Å²) in [6.45, 7) is 3.20. The molecule has 2 aliphatic heterocycles. The Hall–Kier alpha value is -1.26. The first-order valence-corrected chi connectivity index (χ1v) is 7.72. The highest BCUT2D eigenvalue weighted by molar-refractivity contribution is 5.95. The van der Waals surface area contributed by atoms with Gasteiger partial charge in [0.05, 0.1) is 6.04 Å². The number of piperidine rings is 1. The molecule has 0 bridgehead atoms. The largest absolute Gasteiger partial charge is 0.371 e.